The summed E-state index contributed by atoms with van der Waals surface area (Å²) in [5.41, 5.74) is 3.81. The van der Waals surface area contributed by atoms with Gasteiger partial charge in [0.1, 0.15) is 5.82 Å². The molecule has 0 bridgehead atoms. The average Bonchev–Trinajstić information content (AvgIpc) is 3.61. The molecule has 4 heterocycles. The van der Waals surface area contributed by atoms with E-state index in [-0.39, 0.29) is 0 Å². The lowest BCUT2D eigenvalue weighted by atomic mass is 9.83. The lowest BCUT2D eigenvalue weighted by molar-refractivity contribution is 0.323. The van der Waals surface area contributed by atoms with Crippen LogP contribution >= 0.6 is 23.1 Å². The number of hydrogen-bond acceptors (Lipinski definition) is 8. The molecule has 1 aliphatic carbocycles. The van der Waals surface area contributed by atoms with Crippen LogP contribution in [0.25, 0.3) is 15.9 Å². The molecule has 2 N–H and O–H groups in total. The van der Waals surface area contributed by atoms with Crippen LogP contribution in [0.5, 0.6) is 0 Å². The van der Waals surface area contributed by atoms with Gasteiger partial charge in [0, 0.05) is 67.0 Å². The summed E-state index contributed by atoms with van der Waals surface area (Å²) < 4.78 is 1.23. The number of thiazole rings is 1. The molecule has 3 fully saturated rings. The Kier molecular flexibility index (Phi) is 6.23. The number of aromatic nitrogens is 3. The maximum atomic E-state index is 4.89. The topological polar surface area (TPSA) is 66.0 Å². The molecule has 0 unspecified atom stereocenters. The summed E-state index contributed by atoms with van der Waals surface area (Å²) in [6.45, 7) is 11.3. The van der Waals surface area contributed by atoms with Gasteiger partial charge in [-0.1, -0.05) is 30.9 Å². The molecule has 6 nitrogen and oxygen atoms in total. The Labute approximate surface area is 216 Å². The van der Waals surface area contributed by atoms with Crippen molar-refractivity contribution in [3.05, 3.63) is 48.6 Å². The molecule has 1 aromatic carbocycles. The van der Waals surface area contributed by atoms with Crippen molar-refractivity contribution in [3.63, 3.8) is 0 Å². The van der Waals surface area contributed by atoms with Crippen LogP contribution in [0.1, 0.15) is 37.6 Å². The van der Waals surface area contributed by atoms with Gasteiger partial charge in [0.25, 0.3) is 0 Å². The minimum atomic E-state index is 0.373. The summed E-state index contributed by atoms with van der Waals surface area (Å²) in [7, 11) is 0. The summed E-state index contributed by atoms with van der Waals surface area (Å²) >= 11 is 3.45. The van der Waals surface area contributed by atoms with E-state index >= 15 is 0 Å². The fourth-order valence-electron chi connectivity index (χ4n) is 6.09. The smallest absolute Gasteiger partial charge is 0.184 e. The maximum Gasteiger partial charge on any atom is 0.184 e. The Morgan fingerprint density at radius 1 is 1.31 bits per heavy atom. The Morgan fingerprint density at radius 3 is 2.97 bits per heavy atom. The first-order valence-electron chi connectivity index (χ1n) is 12.7. The van der Waals surface area contributed by atoms with Crippen molar-refractivity contribution < 1.29 is 0 Å². The molecule has 6 rings (SSSR count). The summed E-state index contributed by atoms with van der Waals surface area (Å²) in [6, 6.07) is 7.10. The highest BCUT2D eigenvalue weighted by molar-refractivity contribution is 7.98. The van der Waals surface area contributed by atoms with E-state index in [1.54, 1.807) is 23.1 Å². The average molecular weight is 507 g/mol. The monoisotopic (exact) mass is 506 g/mol. The maximum absolute atomic E-state index is 4.89. The molecule has 4 atom stereocenters. The predicted octanol–water partition coefficient (Wildman–Crippen LogP) is 5.14. The van der Waals surface area contributed by atoms with Gasteiger partial charge in [-0.3, -0.25) is 0 Å². The molecule has 0 amide bonds. The molecule has 2 aromatic heterocycles. The van der Waals surface area contributed by atoms with Crippen LogP contribution in [0.15, 0.2) is 42.1 Å². The first-order chi connectivity index (χ1) is 17.0. The molecule has 35 heavy (non-hydrogen) atoms. The normalized spacial score (nSPS) is 28.1. The number of hydrogen-bond donors (Lipinski definition) is 2. The van der Waals surface area contributed by atoms with Gasteiger partial charge in [0.05, 0.1) is 10.2 Å². The van der Waals surface area contributed by atoms with Crippen molar-refractivity contribution in [3.8, 4) is 0 Å². The third-order valence-corrected chi connectivity index (χ3v) is 9.89. The molecule has 2 aliphatic heterocycles. The zero-order chi connectivity index (χ0) is 24.0. The second-order valence-corrected chi connectivity index (χ2v) is 12.7. The Hall–Kier alpha value is -2.16. The number of anilines is 1. The SMILES string of the molecule is C=C(c1ccc2nc(N[C@H]3CC[C@H](Cc4ncc(SC)cn4)C3)sc2c1)N1C[C@@H]2CNC[C@]2(C)C1. The molecular weight excluding hydrogens is 472 g/mol. The van der Waals surface area contributed by atoms with Gasteiger partial charge >= 0.3 is 0 Å². The fraction of sp³-hybridized carbons (Fsp3) is 0.519. The van der Waals surface area contributed by atoms with Crippen LogP contribution in [0.3, 0.4) is 0 Å². The Balaban J connectivity index is 1.08. The molecule has 3 aliphatic rings. The van der Waals surface area contributed by atoms with E-state index in [0.29, 0.717) is 17.4 Å². The van der Waals surface area contributed by atoms with Crippen LogP contribution in [0.2, 0.25) is 0 Å². The lowest BCUT2D eigenvalue weighted by Crippen LogP contribution is -2.29. The Morgan fingerprint density at radius 2 is 2.17 bits per heavy atom. The van der Waals surface area contributed by atoms with Gasteiger partial charge in [0.15, 0.2) is 5.13 Å². The van der Waals surface area contributed by atoms with Gasteiger partial charge < -0.3 is 15.5 Å². The second kappa shape index (κ2) is 9.37. The van der Waals surface area contributed by atoms with E-state index in [1.165, 1.54) is 23.1 Å². The van der Waals surface area contributed by atoms with Gasteiger partial charge in [0.2, 0.25) is 0 Å². The zero-order valence-electron chi connectivity index (χ0n) is 20.6. The van der Waals surface area contributed by atoms with Crippen LogP contribution in [-0.4, -0.2) is 58.3 Å². The molecule has 2 saturated heterocycles. The number of thioether (sulfide) groups is 1. The number of benzene rings is 1. The van der Waals surface area contributed by atoms with Crippen LogP contribution < -0.4 is 10.6 Å². The van der Waals surface area contributed by atoms with E-state index in [1.807, 2.05) is 12.4 Å². The summed E-state index contributed by atoms with van der Waals surface area (Å²) in [4.78, 5) is 17.6. The van der Waals surface area contributed by atoms with Crippen molar-refractivity contribution >= 4 is 44.1 Å². The van der Waals surface area contributed by atoms with E-state index in [2.05, 4.69) is 63.5 Å². The molecule has 184 valence electrons. The molecular formula is C27H34N6S2. The molecule has 8 heteroatoms. The number of fused-ring (bicyclic) bond motifs is 2. The van der Waals surface area contributed by atoms with Gasteiger partial charge in [-0.25, -0.2) is 15.0 Å². The molecule has 0 radical (unpaired) electrons. The summed E-state index contributed by atoms with van der Waals surface area (Å²) in [6.07, 6.45) is 10.4. The highest BCUT2D eigenvalue weighted by atomic mass is 32.2. The minimum absolute atomic E-state index is 0.373. The zero-order valence-corrected chi connectivity index (χ0v) is 22.2. The fourth-order valence-corrected chi connectivity index (χ4v) is 7.39. The van der Waals surface area contributed by atoms with Crippen molar-refractivity contribution in [2.24, 2.45) is 17.3 Å². The number of rotatable bonds is 7. The van der Waals surface area contributed by atoms with E-state index in [9.17, 15) is 0 Å². The standard InChI is InChI=1S/C27H34N6S2/c1-17(33-14-20-11-28-15-27(20,2)16-33)19-5-7-23-24(10-19)35-26(32-23)31-21-6-4-18(8-21)9-25-29-12-22(34-3)13-30-25/h5,7,10,12-13,18,20-21,28H,1,4,6,8-9,11,14-16H2,2-3H3,(H,31,32)/t18-,20-,21-,27+/m0/s1. The molecule has 3 aromatic rings. The van der Waals surface area contributed by atoms with E-state index < -0.39 is 0 Å². The highest BCUT2D eigenvalue weighted by Gasteiger charge is 2.46. The Bertz CT molecular complexity index is 1220. The number of nitrogens with zero attached hydrogens (tertiary/aromatic N) is 4. The second-order valence-electron chi connectivity index (χ2n) is 10.8. The van der Waals surface area contributed by atoms with E-state index in [0.717, 1.165) is 72.0 Å². The molecule has 0 spiro atoms. The predicted molar refractivity (Wildman–Crippen MR) is 147 cm³/mol. The van der Waals surface area contributed by atoms with Crippen LogP contribution in [0, 0.1) is 17.3 Å². The van der Waals surface area contributed by atoms with Gasteiger partial charge in [-0.2, -0.15) is 0 Å². The van der Waals surface area contributed by atoms with Crippen LogP contribution in [-0.2, 0) is 6.42 Å². The molecule has 1 saturated carbocycles. The number of nitrogens with one attached hydrogen (secondary N) is 2. The van der Waals surface area contributed by atoms with Crippen LogP contribution in [0.4, 0.5) is 5.13 Å². The third kappa shape index (κ3) is 4.68. The summed E-state index contributed by atoms with van der Waals surface area (Å²) in [5, 5.41) is 8.32. The first kappa shape index (κ1) is 23.3. The summed E-state index contributed by atoms with van der Waals surface area (Å²) in [5.74, 6) is 2.32. The third-order valence-electron chi connectivity index (χ3n) is 8.26. The first-order valence-corrected chi connectivity index (χ1v) is 14.7. The van der Waals surface area contributed by atoms with E-state index in [4.69, 9.17) is 4.98 Å². The van der Waals surface area contributed by atoms with Gasteiger partial charge in [-0.05, 0) is 55.1 Å². The quantitative estimate of drug-likeness (QED) is 0.430. The minimum Gasteiger partial charge on any atom is -0.371 e. The van der Waals surface area contributed by atoms with Crippen molar-refractivity contribution in [1.29, 1.82) is 0 Å². The largest absolute Gasteiger partial charge is 0.371 e. The number of likely N-dealkylation sites (tertiary alicyclic amines) is 1. The van der Waals surface area contributed by atoms with Crippen molar-refractivity contribution in [2.75, 3.05) is 37.8 Å². The van der Waals surface area contributed by atoms with Crippen molar-refractivity contribution in [1.82, 2.24) is 25.2 Å². The highest BCUT2D eigenvalue weighted by Crippen LogP contribution is 2.41. The van der Waals surface area contributed by atoms with Gasteiger partial charge in [-0.15, -0.1) is 11.8 Å². The lowest BCUT2D eigenvalue weighted by Gasteiger charge is -2.25. The van der Waals surface area contributed by atoms with Crippen molar-refractivity contribution in [2.45, 2.75) is 43.5 Å².